The van der Waals surface area contributed by atoms with Crippen molar-refractivity contribution in [2.45, 2.75) is 31.8 Å². The second kappa shape index (κ2) is 7.23. The molecule has 1 saturated carbocycles. The fourth-order valence-corrected chi connectivity index (χ4v) is 4.51. The van der Waals surface area contributed by atoms with Gasteiger partial charge in [-0.25, -0.2) is 4.98 Å². The Hall–Kier alpha value is -2.14. The summed E-state index contributed by atoms with van der Waals surface area (Å²) in [6.07, 6.45) is 3.81. The van der Waals surface area contributed by atoms with Crippen LogP contribution in [0.15, 0.2) is 42.6 Å². The highest BCUT2D eigenvalue weighted by atomic mass is 19.1. The minimum Gasteiger partial charge on any atom is -0.508 e. The minimum atomic E-state index is -0.473. The standard InChI is InChI=1S/C21H25FN2O2/c1-14(15-2-4-18(25)5-3-15)11-24-12-16-8-20(9-17(16)13-24)26-19-6-7-21(22)23-10-19/h2-7,10,14,16-17,20,25H,8-9,11-13H2,1H3/t14?,16-,17+,20+. The zero-order valence-corrected chi connectivity index (χ0v) is 15.0. The summed E-state index contributed by atoms with van der Waals surface area (Å²) in [5.41, 5.74) is 1.27. The highest BCUT2D eigenvalue weighted by molar-refractivity contribution is 5.28. The molecule has 2 fully saturated rings. The number of nitrogens with zero attached hydrogens (tertiary/aromatic N) is 2. The number of halogens is 1. The van der Waals surface area contributed by atoms with E-state index in [1.54, 1.807) is 18.2 Å². The molecule has 1 unspecified atom stereocenters. The third-order valence-electron chi connectivity index (χ3n) is 5.78. The number of benzene rings is 1. The van der Waals surface area contributed by atoms with Gasteiger partial charge in [-0.05, 0) is 60.4 Å². The molecule has 0 spiro atoms. The summed E-state index contributed by atoms with van der Waals surface area (Å²) in [4.78, 5) is 6.21. The van der Waals surface area contributed by atoms with Gasteiger partial charge < -0.3 is 14.7 Å². The van der Waals surface area contributed by atoms with E-state index in [0.29, 0.717) is 29.3 Å². The van der Waals surface area contributed by atoms with Crippen molar-refractivity contribution in [3.05, 3.63) is 54.1 Å². The molecule has 5 heteroatoms. The molecule has 138 valence electrons. The van der Waals surface area contributed by atoms with Gasteiger partial charge in [0.1, 0.15) is 11.5 Å². The second-order valence-corrected chi connectivity index (χ2v) is 7.76. The fraction of sp³-hybridized carbons (Fsp3) is 0.476. The lowest BCUT2D eigenvalue weighted by atomic mass is 10.0. The lowest BCUT2D eigenvalue weighted by Crippen LogP contribution is -2.28. The van der Waals surface area contributed by atoms with Gasteiger partial charge in [0, 0.05) is 19.6 Å². The van der Waals surface area contributed by atoms with Gasteiger partial charge in [-0.15, -0.1) is 0 Å². The number of phenols is 1. The van der Waals surface area contributed by atoms with Crippen molar-refractivity contribution in [2.24, 2.45) is 11.8 Å². The number of hydrogen-bond donors (Lipinski definition) is 1. The Morgan fingerprint density at radius 3 is 2.46 bits per heavy atom. The molecule has 1 aromatic heterocycles. The molecule has 1 aliphatic carbocycles. The summed E-state index contributed by atoms with van der Waals surface area (Å²) in [7, 11) is 0. The van der Waals surface area contributed by atoms with Crippen LogP contribution in [0, 0.1) is 17.8 Å². The van der Waals surface area contributed by atoms with Gasteiger partial charge >= 0.3 is 0 Å². The van der Waals surface area contributed by atoms with E-state index in [4.69, 9.17) is 4.74 Å². The Labute approximate surface area is 153 Å². The zero-order chi connectivity index (χ0) is 18.1. The lowest BCUT2D eigenvalue weighted by Gasteiger charge is -2.23. The molecule has 1 saturated heterocycles. The van der Waals surface area contributed by atoms with Crippen LogP contribution < -0.4 is 4.74 Å². The molecule has 1 N–H and O–H groups in total. The van der Waals surface area contributed by atoms with Crippen molar-refractivity contribution in [3.8, 4) is 11.5 Å². The van der Waals surface area contributed by atoms with E-state index in [0.717, 1.165) is 32.5 Å². The number of rotatable bonds is 5. The van der Waals surface area contributed by atoms with Crippen LogP contribution in [-0.4, -0.2) is 40.7 Å². The number of aromatic nitrogens is 1. The van der Waals surface area contributed by atoms with E-state index >= 15 is 0 Å². The van der Waals surface area contributed by atoms with E-state index in [1.807, 2.05) is 12.1 Å². The highest BCUT2D eigenvalue weighted by Gasteiger charge is 2.42. The molecular weight excluding hydrogens is 331 g/mol. The number of likely N-dealkylation sites (tertiary alicyclic amines) is 1. The summed E-state index contributed by atoms with van der Waals surface area (Å²) < 4.78 is 18.9. The van der Waals surface area contributed by atoms with Crippen LogP contribution >= 0.6 is 0 Å². The van der Waals surface area contributed by atoms with Gasteiger partial charge in [-0.2, -0.15) is 4.39 Å². The second-order valence-electron chi connectivity index (χ2n) is 7.76. The molecule has 1 aromatic carbocycles. The van der Waals surface area contributed by atoms with E-state index in [2.05, 4.69) is 16.8 Å². The van der Waals surface area contributed by atoms with Gasteiger partial charge in [0.05, 0.1) is 12.3 Å². The fourth-order valence-electron chi connectivity index (χ4n) is 4.51. The molecule has 2 aliphatic rings. The summed E-state index contributed by atoms with van der Waals surface area (Å²) in [6.45, 7) is 5.53. The van der Waals surface area contributed by atoms with Gasteiger partial charge in [0.25, 0.3) is 0 Å². The molecule has 0 amide bonds. The molecule has 4 nitrogen and oxygen atoms in total. The first-order valence-corrected chi connectivity index (χ1v) is 9.36. The van der Waals surface area contributed by atoms with Crippen molar-refractivity contribution < 1.29 is 14.2 Å². The zero-order valence-electron chi connectivity index (χ0n) is 15.0. The summed E-state index contributed by atoms with van der Waals surface area (Å²) >= 11 is 0. The molecule has 4 rings (SSSR count). The third-order valence-corrected chi connectivity index (χ3v) is 5.78. The number of phenolic OH excluding ortho intramolecular Hbond substituents is 1. The molecule has 2 aromatic rings. The SMILES string of the molecule is CC(CN1C[C@H]2C[C@H](Oc3ccc(F)nc3)C[C@H]2C1)c1ccc(O)cc1. The maximum atomic E-state index is 12.9. The molecule has 4 atom stereocenters. The molecule has 26 heavy (non-hydrogen) atoms. The number of ether oxygens (including phenoxy) is 1. The van der Waals surface area contributed by atoms with Gasteiger partial charge in [-0.3, -0.25) is 0 Å². The summed E-state index contributed by atoms with van der Waals surface area (Å²) in [5, 5.41) is 9.43. The Kier molecular flexibility index (Phi) is 4.81. The molecule has 2 heterocycles. The maximum Gasteiger partial charge on any atom is 0.213 e. The summed E-state index contributed by atoms with van der Waals surface area (Å²) in [5.74, 6) is 2.32. The maximum absolute atomic E-state index is 12.9. The van der Waals surface area contributed by atoms with E-state index in [1.165, 1.54) is 17.8 Å². The van der Waals surface area contributed by atoms with Crippen molar-refractivity contribution in [1.82, 2.24) is 9.88 Å². The summed E-state index contributed by atoms with van der Waals surface area (Å²) in [6, 6.07) is 10.5. The number of aromatic hydroxyl groups is 1. The van der Waals surface area contributed by atoms with Crippen LogP contribution in [0.5, 0.6) is 11.5 Å². The lowest BCUT2D eigenvalue weighted by molar-refractivity contribution is 0.183. The van der Waals surface area contributed by atoms with Crippen molar-refractivity contribution in [3.63, 3.8) is 0 Å². The monoisotopic (exact) mass is 356 g/mol. The van der Waals surface area contributed by atoms with Crippen LogP contribution in [0.3, 0.4) is 0 Å². The van der Waals surface area contributed by atoms with Crippen molar-refractivity contribution >= 4 is 0 Å². The Balaban J connectivity index is 1.28. The Morgan fingerprint density at radius 1 is 1.15 bits per heavy atom. The third kappa shape index (κ3) is 3.83. The van der Waals surface area contributed by atoms with Crippen LogP contribution in [0.4, 0.5) is 4.39 Å². The Morgan fingerprint density at radius 2 is 1.85 bits per heavy atom. The molecular formula is C21H25FN2O2. The largest absolute Gasteiger partial charge is 0.508 e. The number of pyridine rings is 1. The van der Waals surface area contributed by atoms with Crippen molar-refractivity contribution in [1.29, 1.82) is 0 Å². The minimum absolute atomic E-state index is 0.217. The van der Waals surface area contributed by atoms with Crippen LogP contribution in [0.2, 0.25) is 0 Å². The van der Waals surface area contributed by atoms with Crippen LogP contribution in [0.25, 0.3) is 0 Å². The van der Waals surface area contributed by atoms with Gasteiger partial charge in [-0.1, -0.05) is 19.1 Å². The van der Waals surface area contributed by atoms with Gasteiger partial charge in [0.2, 0.25) is 5.95 Å². The van der Waals surface area contributed by atoms with Crippen LogP contribution in [-0.2, 0) is 0 Å². The highest BCUT2D eigenvalue weighted by Crippen LogP contribution is 2.40. The van der Waals surface area contributed by atoms with E-state index < -0.39 is 5.95 Å². The number of fused-ring (bicyclic) bond motifs is 1. The van der Waals surface area contributed by atoms with Crippen molar-refractivity contribution in [2.75, 3.05) is 19.6 Å². The number of hydrogen-bond acceptors (Lipinski definition) is 4. The predicted molar refractivity (Wildman–Crippen MR) is 97.8 cm³/mol. The average molecular weight is 356 g/mol. The van der Waals surface area contributed by atoms with Crippen LogP contribution in [0.1, 0.15) is 31.2 Å². The molecule has 0 bridgehead atoms. The van der Waals surface area contributed by atoms with E-state index in [9.17, 15) is 9.50 Å². The average Bonchev–Trinajstić information content (AvgIpc) is 3.15. The quantitative estimate of drug-likeness (QED) is 0.828. The first-order chi connectivity index (χ1) is 12.6. The topological polar surface area (TPSA) is 45.6 Å². The van der Waals surface area contributed by atoms with Gasteiger partial charge in [0.15, 0.2) is 0 Å². The molecule has 1 aliphatic heterocycles. The molecule has 0 radical (unpaired) electrons. The normalized spacial score (nSPS) is 26.6. The first kappa shape index (κ1) is 17.3. The first-order valence-electron chi connectivity index (χ1n) is 9.36. The Bertz CT molecular complexity index is 721. The smallest absolute Gasteiger partial charge is 0.213 e. The van der Waals surface area contributed by atoms with E-state index in [-0.39, 0.29) is 6.10 Å². The predicted octanol–water partition coefficient (Wildman–Crippen LogP) is 3.82.